The van der Waals surface area contributed by atoms with Crippen molar-refractivity contribution < 1.29 is 0 Å². The van der Waals surface area contributed by atoms with Gasteiger partial charge in [0, 0.05) is 17.5 Å². The zero-order valence-corrected chi connectivity index (χ0v) is 10.8. The second kappa shape index (κ2) is 4.67. The van der Waals surface area contributed by atoms with E-state index in [0.717, 1.165) is 17.8 Å². The Morgan fingerprint density at radius 2 is 2.12 bits per heavy atom. The number of nitrogens with zero attached hydrogens (tertiary/aromatic N) is 2. The largest absolute Gasteiger partial charge is 0.389 e. The molecule has 0 spiro atoms. The van der Waals surface area contributed by atoms with E-state index in [0.29, 0.717) is 4.99 Å². The van der Waals surface area contributed by atoms with Crippen molar-refractivity contribution in [1.82, 2.24) is 9.78 Å². The van der Waals surface area contributed by atoms with Gasteiger partial charge in [-0.3, -0.25) is 4.68 Å². The maximum atomic E-state index is 5.61. The molecule has 0 saturated carbocycles. The summed E-state index contributed by atoms with van der Waals surface area (Å²) in [7, 11) is 0. The van der Waals surface area contributed by atoms with Gasteiger partial charge in [0.05, 0.1) is 6.54 Å². The summed E-state index contributed by atoms with van der Waals surface area (Å²) in [6.07, 6.45) is 1.81. The maximum Gasteiger partial charge on any atom is 0.103 e. The minimum absolute atomic E-state index is 0.440. The minimum Gasteiger partial charge on any atom is -0.389 e. The average molecular weight is 245 g/mol. The Balaban J connectivity index is 2.29. The molecule has 1 aromatic carbocycles. The van der Waals surface area contributed by atoms with E-state index in [-0.39, 0.29) is 0 Å². The van der Waals surface area contributed by atoms with Crippen LogP contribution in [0.4, 0.5) is 0 Å². The van der Waals surface area contributed by atoms with Crippen molar-refractivity contribution in [1.29, 1.82) is 0 Å². The molecule has 1 heterocycles. The van der Waals surface area contributed by atoms with E-state index in [9.17, 15) is 0 Å². The van der Waals surface area contributed by atoms with Gasteiger partial charge in [0.2, 0.25) is 0 Å². The van der Waals surface area contributed by atoms with Crippen molar-refractivity contribution in [2.45, 2.75) is 20.4 Å². The van der Waals surface area contributed by atoms with Crippen molar-refractivity contribution in [2.75, 3.05) is 0 Å². The average Bonchev–Trinajstić information content (AvgIpc) is 2.67. The van der Waals surface area contributed by atoms with E-state index in [1.807, 2.05) is 36.0 Å². The third kappa shape index (κ3) is 2.53. The van der Waals surface area contributed by atoms with Crippen LogP contribution >= 0.6 is 12.2 Å². The molecule has 17 heavy (non-hydrogen) atoms. The van der Waals surface area contributed by atoms with Crippen LogP contribution in [-0.4, -0.2) is 14.8 Å². The van der Waals surface area contributed by atoms with Gasteiger partial charge >= 0.3 is 0 Å². The van der Waals surface area contributed by atoms with Gasteiger partial charge in [-0.25, -0.2) is 0 Å². The van der Waals surface area contributed by atoms with Crippen LogP contribution in [0.15, 0.2) is 30.5 Å². The van der Waals surface area contributed by atoms with Crippen LogP contribution in [0.5, 0.6) is 0 Å². The summed E-state index contributed by atoms with van der Waals surface area (Å²) >= 11 is 4.96. The number of aryl methyl sites for hydroxylation is 2. The highest BCUT2D eigenvalue weighted by molar-refractivity contribution is 7.80. The lowest BCUT2D eigenvalue weighted by Crippen LogP contribution is -2.11. The first-order valence-corrected chi connectivity index (χ1v) is 5.86. The van der Waals surface area contributed by atoms with E-state index < -0.39 is 0 Å². The lowest BCUT2D eigenvalue weighted by molar-refractivity contribution is 0.662. The lowest BCUT2D eigenvalue weighted by Gasteiger charge is -2.09. The molecular formula is C13H15N3S. The molecular weight excluding hydrogens is 230 g/mol. The molecule has 0 aliphatic heterocycles. The van der Waals surface area contributed by atoms with Crippen LogP contribution < -0.4 is 5.73 Å². The molecule has 2 N–H and O–H groups in total. The van der Waals surface area contributed by atoms with Gasteiger partial charge in [-0.15, -0.1) is 0 Å². The molecule has 0 unspecified atom stereocenters. The SMILES string of the molecule is Cc1cc(C(N)=S)ccc1Cn1nccc1C. The number of nitrogens with two attached hydrogens (primary N) is 1. The topological polar surface area (TPSA) is 43.8 Å². The van der Waals surface area contributed by atoms with Gasteiger partial charge in [0.15, 0.2) is 0 Å². The number of hydrogen-bond acceptors (Lipinski definition) is 2. The van der Waals surface area contributed by atoms with E-state index in [1.54, 1.807) is 0 Å². The van der Waals surface area contributed by atoms with Crippen LogP contribution in [0.1, 0.15) is 22.4 Å². The van der Waals surface area contributed by atoms with Crippen LogP contribution in [-0.2, 0) is 6.54 Å². The van der Waals surface area contributed by atoms with Gasteiger partial charge in [-0.05, 0) is 37.1 Å². The van der Waals surface area contributed by atoms with E-state index in [2.05, 4.69) is 18.1 Å². The molecule has 0 aliphatic carbocycles. The molecule has 0 aliphatic rings. The van der Waals surface area contributed by atoms with Crippen LogP contribution in [0.2, 0.25) is 0 Å². The Kier molecular flexibility index (Phi) is 3.24. The van der Waals surface area contributed by atoms with Crippen molar-refractivity contribution in [3.63, 3.8) is 0 Å². The predicted molar refractivity (Wildman–Crippen MR) is 73.1 cm³/mol. The number of rotatable bonds is 3. The third-order valence-electron chi connectivity index (χ3n) is 2.88. The molecule has 1 aromatic heterocycles. The molecule has 88 valence electrons. The standard InChI is InChI=1S/C13H15N3S/c1-9-7-11(13(14)17)3-4-12(9)8-16-10(2)5-6-15-16/h3-7H,8H2,1-2H3,(H2,14,17). The van der Waals surface area contributed by atoms with Crippen molar-refractivity contribution in [3.8, 4) is 0 Å². The first-order chi connectivity index (χ1) is 8.08. The molecule has 4 heteroatoms. The number of benzene rings is 1. The van der Waals surface area contributed by atoms with Gasteiger partial charge in [-0.1, -0.05) is 24.4 Å². The minimum atomic E-state index is 0.440. The van der Waals surface area contributed by atoms with Crippen molar-refractivity contribution in [2.24, 2.45) is 5.73 Å². The number of thiocarbonyl (C=S) groups is 1. The highest BCUT2D eigenvalue weighted by atomic mass is 32.1. The molecule has 0 fully saturated rings. The Labute approximate surface area is 106 Å². The fourth-order valence-electron chi connectivity index (χ4n) is 1.75. The molecule has 0 bridgehead atoms. The molecule has 0 amide bonds. The zero-order valence-electron chi connectivity index (χ0n) is 9.97. The molecule has 0 radical (unpaired) electrons. The second-order valence-electron chi connectivity index (χ2n) is 4.14. The number of aromatic nitrogens is 2. The zero-order chi connectivity index (χ0) is 12.4. The molecule has 2 aromatic rings. The van der Waals surface area contributed by atoms with Crippen molar-refractivity contribution >= 4 is 17.2 Å². The molecule has 0 saturated heterocycles. The molecule has 3 nitrogen and oxygen atoms in total. The van der Waals surface area contributed by atoms with E-state index >= 15 is 0 Å². The van der Waals surface area contributed by atoms with Crippen LogP contribution in [0, 0.1) is 13.8 Å². The fraction of sp³-hybridized carbons (Fsp3) is 0.231. The van der Waals surface area contributed by atoms with Gasteiger partial charge in [0.1, 0.15) is 4.99 Å². The van der Waals surface area contributed by atoms with Gasteiger partial charge in [-0.2, -0.15) is 5.10 Å². The van der Waals surface area contributed by atoms with Crippen molar-refractivity contribution in [3.05, 3.63) is 52.8 Å². The van der Waals surface area contributed by atoms with E-state index in [1.165, 1.54) is 11.1 Å². The third-order valence-corrected chi connectivity index (χ3v) is 3.11. The summed E-state index contributed by atoms with van der Waals surface area (Å²) in [5, 5.41) is 4.28. The Bertz CT molecular complexity index is 558. The summed E-state index contributed by atoms with van der Waals surface area (Å²) in [5.74, 6) is 0. The maximum absolute atomic E-state index is 5.61. The molecule has 2 rings (SSSR count). The predicted octanol–water partition coefficient (Wildman–Crippen LogP) is 2.18. The molecule has 0 atom stereocenters. The monoisotopic (exact) mass is 245 g/mol. The highest BCUT2D eigenvalue weighted by Gasteiger charge is 2.04. The van der Waals surface area contributed by atoms with Gasteiger partial charge < -0.3 is 5.73 Å². The highest BCUT2D eigenvalue weighted by Crippen LogP contribution is 2.13. The second-order valence-corrected chi connectivity index (χ2v) is 4.58. The summed E-state index contributed by atoms with van der Waals surface area (Å²) in [5.41, 5.74) is 10.1. The summed E-state index contributed by atoms with van der Waals surface area (Å²) in [6.45, 7) is 4.89. The smallest absolute Gasteiger partial charge is 0.103 e. The fourth-order valence-corrected chi connectivity index (χ4v) is 1.88. The first kappa shape index (κ1) is 11.8. The lowest BCUT2D eigenvalue weighted by atomic mass is 10.1. The normalized spacial score (nSPS) is 10.5. The van der Waals surface area contributed by atoms with Gasteiger partial charge in [0.25, 0.3) is 0 Å². The first-order valence-electron chi connectivity index (χ1n) is 5.45. The Morgan fingerprint density at radius 1 is 1.35 bits per heavy atom. The summed E-state index contributed by atoms with van der Waals surface area (Å²) < 4.78 is 1.97. The number of hydrogen-bond donors (Lipinski definition) is 1. The summed E-state index contributed by atoms with van der Waals surface area (Å²) in [4.78, 5) is 0.440. The van der Waals surface area contributed by atoms with Crippen LogP contribution in [0.25, 0.3) is 0 Å². The quantitative estimate of drug-likeness (QED) is 0.843. The summed E-state index contributed by atoms with van der Waals surface area (Å²) in [6, 6.07) is 8.05. The van der Waals surface area contributed by atoms with Crippen LogP contribution in [0.3, 0.4) is 0 Å². The Morgan fingerprint density at radius 3 is 2.65 bits per heavy atom. The Hall–Kier alpha value is -1.68. The van der Waals surface area contributed by atoms with E-state index in [4.69, 9.17) is 18.0 Å².